The number of nitrogens with one attached hydrogen (secondary N) is 1. The quantitative estimate of drug-likeness (QED) is 0.700. The van der Waals surface area contributed by atoms with Gasteiger partial charge in [-0.3, -0.25) is 14.9 Å². The van der Waals surface area contributed by atoms with Crippen molar-refractivity contribution in [3.8, 4) is 5.82 Å². The molecule has 1 unspecified atom stereocenters. The summed E-state index contributed by atoms with van der Waals surface area (Å²) in [6, 6.07) is 2.41. The van der Waals surface area contributed by atoms with Crippen LogP contribution < -0.4 is 0 Å². The highest BCUT2D eigenvalue weighted by Crippen LogP contribution is 2.36. The summed E-state index contributed by atoms with van der Waals surface area (Å²) in [6.45, 7) is 2.00. The monoisotopic (exact) mass is 411 g/mol. The van der Waals surface area contributed by atoms with Gasteiger partial charge in [0.05, 0.1) is 22.3 Å². The van der Waals surface area contributed by atoms with Crippen LogP contribution in [0.5, 0.6) is 0 Å². The maximum absolute atomic E-state index is 13.0. The van der Waals surface area contributed by atoms with Crippen molar-refractivity contribution in [3.63, 3.8) is 0 Å². The molecule has 0 fully saturated rings. The molecular weight excluding hydrogens is 399 g/mol. The zero-order valence-electron chi connectivity index (χ0n) is 14.4. The standard InChI is InChI=1S/C16H13ClF3N7O/c1-8-13-10(27(25-24-13)11-3-6-22-23-11)4-7-26(8)15(28)9-2-5-21-14(12(9)17)16(18,19)20/h2-3,5-6,8H,4,7H2,1H3,(H,22,23). The number of halogens is 4. The van der Waals surface area contributed by atoms with Gasteiger partial charge < -0.3 is 4.90 Å². The van der Waals surface area contributed by atoms with E-state index in [2.05, 4.69) is 25.5 Å². The van der Waals surface area contributed by atoms with Crippen LogP contribution in [-0.2, 0) is 12.6 Å². The summed E-state index contributed by atoms with van der Waals surface area (Å²) in [6.07, 6.45) is -1.76. The van der Waals surface area contributed by atoms with E-state index in [1.807, 2.05) is 0 Å². The fraction of sp³-hybridized carbons (Fsp3) is 0.312. The van der Waals surface area contributed by atoms with Gasteiger partial charge in [0.25, 0.3) is 5.91 Å². The van der Waals surface area contributed by atoms with E-state index in [1.54, 1.807) is 23.9 Å². The Morgan fingerprint density at radius 2 is 2.14 bits per heavy atom. The number of hydrogen-bond donors (Lipinski definition) is 1. The molecule has 0 saturated heterocycles. The van der Waals surface area contributed by atoms with Gasteiger partial charge in [-0.05, 0) is 13.0 Å². The summed E-state index contributed by atoms with van der Waals surface area (Å²) >= 11 is 5.85. The van der Waals surface area contributed by atoms with Crippen molar-refractivity contribution in [2.24, 2.45) is 0 Å². The number of rotatable bonds is 2. The van der Waals surface area contributed by atoms with Crippen LogP contribution in [0.3, 0.4) is 0 Å². The summed E-state index contributed by atoms with van der Waals surface area (Å²) in [5.41, 5.74) is -0.182. The fourth-order valence-electron chi connectivity index (χ4n) is 3.23. The van der Waals surface area contributed by atoms with Crippen LogP contribution in [0.1, 0.15) is 40.4 Å². The maximum atomic E-state index is 13.0. The van der Waals surface area contributed by atoms with Gasteiger partial charge in [-0.2, -0.15) is 23.0 Å². The topological polar surface area (TPSA) is 92.6 Å². The lowest BCUT2D eigenvalue weighted by Crippen LogP contribution is -2.39. The van der Waals surface area contributed by atoms with E-state index in [0.29, 0.717) is 17.9 Å². The molecule has 3 aromatic rings. The maximum Gasteiger partial charge on any atom is 0.434 e. The lowest BCUT2D eigenvalue weighted by Gasteiger charge is -2.32. The molecule has 1 amide bonds. The van der Waals surface area contributed by atoms with E-state index in [4.69, 9.17) is 11.6 Å². The van der Waals surface area contributed by atoms with E-state index < -0.39 is 28.8 Å². The van der Waals surface area contributed by atoms with E-state index in [0.717, 1.165) is 11.9 Å². The zero-order chi connectivity index (χ0) is 20.1. The Balaban J connectivity index is 1.67. The molecule has 1 aliphatic heterocycles. The average Bonchev–Trinajstić information content (AvgIpc) is 3.30. The molecule has 8 nitrogen and oxygen atoms in total. The van der Waals surface area contributed by atoms with Crippen molar-refractivity contribution in [1.82, 2.24) is 35.1 Å². The third-order valence-electron chi connectivity index (χ3n) is 4.60. The zero-order valence-corrected chi connectivity index (χ0v) is 15.2. The normalized spacial score (nSPS) is 16.9. The molecule has 0 bridgehead atoms. The molecule has 28 heavy (non-hydrogen) atoms. The number of amides is 1. The Morgan fingerprint density at radius 3 is 2.82 bits per heavy atom. The van der Waals surface area contributed by atoms with Gasteiger partial charge in [-0.25, -0.2) is 0 Å². The highest BCUT2D eigenvalue weighted by Gasteiger charge is 2.39. The van der Waals surface area contributed by atoms with Gasteiger partial charge in [-0.1, -0.05) is 16.8 Å². The summed E-state index contributed by atoms with van der Waals surface area (Å²) in [5.74, 6) is -0.0573. The second-order valence-corrected chi connectivity index (χ2v) is 6.59. The Labute approximate surface area is 161 Å². The van der Waals surface area contributed by atoms with Crippen LogP contribution in [-0.4, -0.2) is 47.5 Å². The van der Waals surface area contributed by atoms with Gasteiger partial charge in [0.15, 0.2) is 11.5 Å². The largest absolute Gasteiger partial charge is 0.434 e. The minimum absolute atomic E-state index is 0.251. The van der Waals surface area contributed by atoms with Gasteiger partial charge in [0.1, 0.15) is 5.69 Å². The van der Waals surface area contributed by atoms with Crippen LogP contribution in [0.4, 0.5) is 13.2 Å². The molecule has 0 radical (unpaired) electrons. The van der Waals surface area contributed by atoms with E-state index in [1.165, 1.54) is 11.0 Å². The van der Waals surface area contributed by atoms with Gasteiger partial charge in [0, 0.05) is 31.4 Å². The highest BCUT2D eigenvalue weighted by molar-refractivity contribution is 6.34. The molecular formula is C16H13ClF3N7O. The summed E-state index contributed by atoms with van der Waals surface area (Å²) < 4.78 is 40.7. The molecule has 146 valence electrons. The number of alkyl halides is 3. The predicted octanol–water partition coefficient (Wildman–Crippen LogP) is 2.82. The van der Waals surface area contributed by atoms with Crippen molar-refractivity contribution in [2.75, 3.05) is 6.54 Å². The Bertz CT molecular complexity index is 1030. The first-order valence-electron chi connectivity index (χ1n) is 8.26. The summed E-state index contributed by atoms with van der Waals surface area (Å²) in [5, 5.41) is 14.3. The molecule has 0 spiro atoms. The van der Waals surface area contributed by atoms with Crippen LogP contribution in [0.2, 0.25) is 5.02 Å². The molecule has 4 rings (SSSR count). The number of hydrogen-bond acceptors (Lipinski definition) is 5. The van der Waals surface area contributed by atoms with Gasteiger partial charge >= 0.3 is 6.18 Å². The predicted molar refractivity (Wildman–Crippen MR) is 90.9 cm³/mol. The second kappa shape index (κ2) is 6.59. The number of nitrogens with zero attached hydrogens (tertiary/aromatic N) is 6. The molecule has 1 atom stereocenters. The minimum Gasteiger partial charge on any atom is -0.330 e. The van der Waals surface area contributed by atoms with Gasteiger partial charge in [-0.15, -0.1) is 5.10 Å². The average molecular weight is 412 g/mol. The SMILES string of the molecule is CC1c2nnn(-c3cc[nH]n3)c2CCN1C(=O)c1ccnc(C(F)(F)F)c1Cl. The molecule has 0 saturated carbocycles. The molecule has 1 N–H and O–H groups in total. The number of fused-ring (bicyclic) bond motifs is 1. The summed E-state index contributed by atoms with van der Waals surface area (Å²) in [4.78, 5) is 17.6. The van der Waals surface area contributed by atoms with Crippen LogP contribution in [0, 0.1) is 0 Å². The first kappa shape index (κ1) is 18.4. The molecule has 4 heterocycles. The highest BCUT2D eigenvalue weighted by atomic mass is 35.5. The van der Waals surface area contributed by atoms with Crippen molar-refractivity contribution in [2.45, 2.75) is 25.6 Å². The lowest BCUT2D eigenvalue weighted by molar-refractivity contribution is -0.141. The number of pyridine rings is 1. The molecule has 12 heteroatoms. The third kappa shape index (κ3) is 2.91. The number of carbonyl (C=O) groups excluding carboxylic acids is 1. The Morgan fingerprint density at radius 1 is 1.36 bits per heavy atom. The van der Waals surface area contributed by atoms with E-state index >= 15 is 0 Å². The molecule has 3 aromatic heterocycles. The molecule has 0 aromatic carbocycles. The number of aromatic nitrogens is 6. The van der Waals surface area contributed by atoms with E-state index in [-0.39, 0.29) is 12.1 Å². The van der Waals surface area contributed by atoms with Crippen molar-refractivity contribution >= 4 is 17.5 Å². The first-order valence-corrected chi connectivity index (χ1v) is 8.64. The van der Waals surface area contributed by atoms with Crippen molar-refractivity contribution in [1.29, 1.82) is 0 Å². The van der Waals surface area contributed by atoms with Crippen LogP contribution in [0.15, 0.2) is 24.5 Å². The molecule has 0 aliphatic carbocycles. The second-order valence-electron chi connectivity index (χ2n) is 6.21. The van der Waals surface area contributed by atoms with Crippen LogP contribution >= 0.6 is 11.6 Å². The number of H-pyrrole nitrogens is 1. The number of carbonyl (C=O) groups is 1. The van der Waals surface area contributed by atoms with Crippen molar-refractivity contribution < 1.29 is 18.0 Å². The van der Waals surface area contributed by atoms with Crippen LogP contribution in [0.25, 0.3) is 5.82 Å². The first-order chi connectivity index (χ1) is 13.3. The number of aromatic amines is 1. The molecule has 1 aliphatic rings. The lowest BCUT2D eigenvalue weighted by atomic mass is 10.0. The van der Waals surface area contributed by atoms with Gasteiger partial charge in [0.2, 0.25) is 0 Å². The van der Waals surface area contributed by atoms with E-state index in [9.17, 15) is 18.0 Å². The minimum atomic E-state index is -4.75. The smallest absolute Gasteiger partial charge is 0.330 e. The Hall–Kier alpha value is -2.95. The van der Waals surface area contributed by atoms with Crippen molar-refractivity contribution in [3.05, 3.63) is 52.2 Å². The fourth-order valence-corrected chi connectivity index (χ4v) is 3.53. The Kier molecular flexibility index (Phi) is 4.33. The summed E-state index contributed by atoms with van der Waals surface area (Å²) in [7, 11) is 0. The third-order valence-corrected chi connectivity index (χ3v) is 4.98.